The predicted octanol–water partition coefficient (Wildman–Crippen LogP) is 6.35. The summed E-state index contributed by atoms with van der Waals surface area (Å²) in [5, 5.41) is 2.61. The van der Waals surface area contributed by atoms with Crippen LogP contribution in [-0.2, 0) is 12.0 Å². The first-order chi connectivity index (χ1) is 14.8. The molecule has 0 saturated heterocycles. The molecule has 4 nitrogen and oxygen atoms in total. The van der Waals surface area contributed by atoms with Crippen LogP contribution in [0.1, 0.15) is 49.2 Å². The van der Waals surface area contributed by atoms with E-state index in [1.807, 2.05) is 25.1 Å². The Morgan fingerprint density at radius 1 is 0.935 bits per heavy atom. The van der Waals surface area contributed by atoms with Crippen molar-refractivity contribution in [2.75, 3.05) is 11.9 Å². The second kappa shape index (κ2) is 9.65. The van der Waals surface area contributed by atoms with Crippen molar-refractivity contribution in [1.29, 1.82) is 0 Å². The van der Waals surface area contributed by atoms with E-state index in [9.17, 15) is 9.18 Å². The maximum Gasteiger partial charge on any atom is 0.255 e. The predicted molar refractivity (Wildman–Crippen MR) is 121 cm³/mol. The van der Waals surface area contributed by atoms with E-state index in [4.69, 9.17) is 9.47 Å². The highest BCUT2D eigenvalue weighted by Crippen LogP contribution is 2.32. The highest BCUT2D eigenvalue weighted by Gasteiger charge is 2.19. The number of hydrogen-bond acceptors (Lipinski definition) is 3. The van der Waals surface area contributed by atoms with Gasteiger partial charge in [-0.2, -0.15) is 0 Å². The number of benzene rings is 3. The van der Waals surface area contributed by atoms with E-state index in [1.165, 1.54) is 12.1 Å². The number of amides is 1. The molecule has 162 valence electrons. The summed E-state index contributed by atoms with van der Waals surface area (Å²) in [5.74, 6) is 0.561. The standard InChI is InChI=1S/C26H28FNO3/c1-5-30-23-15-14-18(25(29)28-22-12-8-7-11-21(22)27)16-19(23)17-31-24-13-9-6-10-20(24)26(2,3)4/h6-16H,5,17H2,1-4H3,(H,28,29). The molecule has 0 fully saturated rings. The third-order valence-corrected chi connectivity index (χ3v) is 4.82. The molecule has 3 rings (SSSR count). The van der Waals surface area contributed by atoms with Gasteiger partial charge in [0, 0.05) is 11.1 Å². The molecule has 0 radical (unpaired) electrons. The Bertz CT molecular complexity index is 1060. The van der Waals surface area contributed by atoms with Crippen LogP contribution in [0.4, 0.5) is 10.1 Å². The molecule has 0 aliphatic heterocycles. The van der Waals surface area contributed by atoms with Crippen molar-refractivity contribution >= 4 is 11.6 Å². The molecule has 0 aliphatic rings. The molecule has 5 heteroatoms. The van der Waals surface area contributed by atoms with Crippen LogP contribution in [0.2, 0.25) is 0 Å². The van der Waals surface area contributed by atoms with Gasteiger partial charge in [-0.3, -0.25) is 4.79 Å². The minimum atomic E-state index is -0.482. The number of hydrogen-bond donors (Lipinski definition) is 1. The lowest BCUT2D eigenvalue weighted by Gasteiger charge is -2.23. The summed E-state index contributed by atoms with van der Waals surface area (Å²) >= 11 is 0. The first-order valence-corrected chi connectivity index (χ1v) is 10.3. The van der Waals surface area contributed by atoms with Gasteiger partial charge in [-0.15, -0.1) is 0 Å². The normalized spacial score (nSPS) is 11.1. The van der Waals surface area contributed by atoms with Crippen molar-refractivity contribution in [3.63, 3.8) is 0 Å². The molecule has 1 N–H and O–H groups in total. The van der Waals surface area contributed by atoms with Crippen molar-refractivity contribution in [3.05, 3.63) is 89.2 Å². The molecular formula is C26H28FNO3. The van der Waals surface area contributed by atoms with Crippen LogP contribution in [0, 0.1) is 5.82 Å². The molecule has 3 aromatic rings. The van der Waals surface area contributed by atoms with Gasteiger partial charge in [0.05, 0.1) is 12.3 Å². The molecule has 1 amide bonds. The third-order valence-electron chi connectivity index (χ3n) is 4.82. The van der Waals surface area contributed by atoms with Gasteiger partial charge in [0.1, 0.15) is 23.9 Å². The fraction of sp³-hybridized carbons (Fsp3) is 0.269. The zero-order valence-electron chi connectivity index (χ0n) is 18.4. The Hall–Kier alpha value is -3.34. The Kier molecular flexibility index (Phi) is 6.95. The number of halogens is 1. The summed E-state index contributed by atoms with van der Waals surface area (Å²) in [5.41, 5.74) is 2.31. The minimum Gasteiger partial charge on any atom is -0.493 e. The van der Waals surface area contributed by atoms with E-state index in [-0.39, 0.29) is 17.7 Å². The van der Waals surface area contributed by atoms with Crippen LogP contribution in [0.25, 0.3) is 0 Å². The topological polar surface area (TPSA) is 47.6 Å². The average Bonchev–Trinajstić information content (AvgIpc) is 2.74. The summed E-state index contributed by atoms with van der Waals surface area (Å²) in [6, 6.07) is 19.1. The van der Waals surface area contributed by atoms with E-state index < -0.39 is 11.7 Å². The molecule has 3 aromatic carbocycles. The van der Waals surface area contributed by atoms with E-state index in [1.54, 1.807) is 30.3 Å². The summed E-state index contributed by atoms with van der Waals surface area (Å²) in [6.45, 7) is 9.03. The lowest BCUT2D eigenvalue weighted by atomic mass is 9.86. The molecule has 0 spiro atoms. The van der Waals surface area contributed by atoms with E-state index in [2.05, 4.69) is 32.2 Å². The molecule has 31 heavy (non-hydrogen) atoms. The molecule has 0 aromatic heterocycles. The molecule has 0 saturated carbocycles. The van der Waals surface area contributed by atoms with Crippen LogP contribution in [-0.4, -0.2) is 12.5 Å². The molecule has 0 heterocycles. The number of carbonyl (C=O) groups excluding carboxylic acids is 1. The summed E-state index contributed by atoms with van der Waals surface area (Å²) in [4.78, 5) is 12.7. The van der Waals surface area contributed by atoms with Gasteiger partial charge < -0.3 is 14.8 Å². The summed E-state index contributed by atoms with van der Waals surface area (Å²) < 4.78 is 25.8. The Morgan fingerprint density at radius 3 is 2.35 bits per heavy atom. The van der Waals surface area contributed by atoms with Gasteiger partial charge in [-0.25, -0.2) is 4.39 Å². The average molecular weight is 422 g/mol. The Morgan fingerprint density at radius 2 is 1.65 bits per heavy atom. The highest BCUT2D eigenvalue weighted by molar-refractivity contribution is 6.04. The van der Waals surface area contributed by atoms with Gasteiger partial charge in [0.15, 0.2) is 0 Å². The zero-order chi connectivity index (χ0) is 22.4. The fourth-order valence-electron chi connectivity index (χ4n) is 3.25. The quantitative estimate of drug-likeness (QED) is 0.483. The van der Waals surface area contributed by atoms with Crippen molar-refractivity contribution in [2.24, 2.45) is 0 Å². The van der Waals surface area contributed by atoms with Crippen molar-refractivity contribution in [2.45, 2.75) is 39.7 Å². The van der Waals surface area contributed by atoms with Crippen LogP contribution in [0.15, 0.2) is 66.7 Å². The molecule has 0 unspecified atom stereocenters. The lowest BCUT2D eigenvalue weighted by molar-refractivity contribution is 0.102. The number of anilines is 1. The monoisotopic (exact) mass is 421 g/mol. The second-order valence-corrected chi connectivity index (χ2v) is 8.22. The maximum atomic E-state index is 13.9. The van der Waals surface area contributed by atoms with E-state index >= 15 is 0 Å². The van der Waals surface area contributed by atoms with Crippen molar-refractivity contribution in [1.82, 2.24) is 0 Å². The number of nitrogens with one attached hydrogen (secondary N) is 1. The number of ether oxygens (including phenoxy) is 2. The van der Waals surface area contributed by atoms with Crippen molar-refractivity contribution in [3.8, 4) is 11.5 Å². The summed E-state index contributed by atoms with van der Waals surface area (Å²) in [6.07, 6.45) is 0. The zero-order valence-corrected chi connectivity index (χ0v) is 18.4. The second-order valence-electron chi connectivity index (χ2n) is 8.22. The first-order valence-electron chi connectivity index (χ1n) is 10.3. The highest BCUT2D eigenvalue weighted by atomic mass is 19.1. The van der Waals surface area contributed by atoms with E-state index in [0.29, 0.717) is 17.9 Å². The molecular weight excluding hydrogens is 393 g/mol. The Balaban J connectivity index is 1.84. The largest absolute Gasteiger partial charge is 0.493 e. The number of rotatable bonds is 7. The maximum absolute atomic E-state index is 13.9. The first kappa shape index (κ1) is 22.3. The summed E-state index contributed by atoms with van der Waals surface area (Å²) in [7, 11) is 0. The number of carbonyl (C=O) groups is 1. The molecule has 0 aliphatic carbocycles. The van der Waals surface area contributed by atoms with Gasteiger partial charge in [-0.1, -0.05) is 51.1 Å². The lowest BCUT2D eigenvalue weighted by Crippen LogP contribution is -2.15. The van der Waals surface area contributed by atoms with Gasteiger partial charge in [0.2, 0.25) is 0 Å². The van der Waals surface area contributed by atoms with Gasteiger partial charge in [0.25, 0.3) is 5.91 Å². The minimum absolute atomic E-state index is 0.0686. The Labute approximate surface area is 183 Å². The molecule has 0 atom stereocenters. The smallest absolute Gasteiger partial charge is 0.255 e. The fourth-order valence-corrected chi connectivity index (χ4v) is 3.25. The van der Waals surface area contributed by atoms with Gasteiger partial charge in [-0.05, 0) is 54.3 Å². The van der Waals surface area contributed by atoms with Crippen LogP contribution in [0.3, 0.4) is 0 Å². The SMILES string of the molecule is CCOc1ccc(C(=O)Nc2ccccc2F)cc1COc1ccccc1C(C)(C)C. The van der Waals surface area contributed by atoms with Crippen LogP contribution in [0.5, 0.6) is 11.5 Å². The number of para-hydroxylation sites is 2. The third kappa shape index (κ3) is 5.63. The van der Waals surface area contributed by atoms with Crippen LogP contribution < -0.4 is 14.8 Å². The van der Waals surface area contributed by atoms with Crippen LogP contribution >= 0.6 is 0 Å². The van der Waals surface area contributed by atoms with E-state index in [0.717, 1.165) is 16.9 Å². The van der Waals surface area contributed by atoms with Gasteiger partial charge >= 0.3 is 0 Å². The van der Waals surface area contributed by atoms with Crippen molar-refractivity contribution < 1.29 is 18.7 Å². The molecule has 0 bridgehead atoms.